The van der Waals surface area contributed by atoms with E-state index in [0.29, 0.717) is 30.5 Å². The Kier molecular flexibility index (Phi) is 5.78. The van der Waals surface area contributed by atoms with Gasteiger partial charge in [0.1, 0.15) is 12.4 Å². The monoisotopic (exact) mass is 379 g/mol. The van der Waals surface area contributed by atoms with Gasteiger partial charge in [0.25, 0.3) is 11.5 Å². The number of aromatic nitrogens is 2. The van der Waals surface area contributed by atoms with E-state index in [0.717, 1.165) is 16.9 Å². The molecule has 0 aliphatic carbocycles. The summed E-state index contributed by atoms with van der Waals surface area (Å²) in [7, 11) is 1.71. The second kappa shape index (κ2) is 8.25. The summed E-state index contributed by atoms with van der Waals surface area (Å²) in [5, 5.41) is 5.38. The summed E-state index contributed by atoms with van der Waals surface area (Å²) < 4.78 is 7.14. The van der Waals surface area contributed by atoms with Crippen molar-refractivity contribution in [1.82, 2.24) is 14.7 Å². The lowest BCUT2D eigenvalue weighted by atomic mass is 10.1. The molecule has 2 aromatic carbocycles. The number of likely N-dealkylation sites (N-methyl/N-ethyl adjacent to an activating group) is 1. The molecular formula is C22H25N3O3. The molecule has 0 aliphatic rings. The van der Waals surface area contributed by atoms with Gasteiger partial charge in [0.15, 0.2) is 5.69 Å². The molecule has 28 heavy (non-hydrogen) atoms. The zero-order chi connectivity index (χ0) is 20.3. The summed E-state index contributed by atoms with van der Waals surface area (Å²) >= 11 is 0. The van der Waals surface area contributed by atoms with Crippen molar-refractivity contribution in [2.75, 3.05) is 20.2 Å². The van der Waals surface area contributed by atoms with Crippen LogP contribution in [-0.4, -0.2) is 40.8 Å². The fourth-order valence-corrected chi connectivity index (χ4v) is 3.21. The molecule has 6 nitrogen and oxygen atoms in total. The second-order valence-electron chi connectivity index (χ2n) is 6.91. The lowest BCUT2D eigenvalue weighted by molar-refractivity contribution is 0.0767. The molecule has 1 amide bonds. The number of ether oxygens (including phenoxy) is 1. The standard InChI is InChI=1S/C22H25N3O3/c1-5-25-21(26)19-9-7-6-8-18(19)20(23-25)22(27)24(4)10-11-28-17-13-15(2)12-16(3)14-17/h6-9,12-14H,5,10-11H2,1-4H3. The first-order chi connectivity index (χ1) is 13.4. The summed E-state index contributed by atoms with van der Waals surface area (Å²) in [4.78, 5) is 27.0. The average molecular weight is 379 g/mol. The highest BCUT2D eigenvalue weighted by Gasteiger charge is 2.19. The van der Waals surface area contributed by atoms with E-state index in [1.165, 1.54) is 4.68 Å². The number of rotatable bonds is 6. The van der Waals surface area contributed by atoms with Gasteiger partial charge in [-0.3, -0.25) is 9.59 Å². The van der Waals surface area contributed by atoms with Crippen LogP contribution in [0, 0.1) is 13.8 Å². The highest BCUT2D eigenvalue weighted by Crippen LogP contribution is 2.17. The van der Waals surface area contributed by atoms with Gasteiger partial charge in [-0.05, 0) is 50.1 Å². The van der Waals surface area contributed by atoms with Gasteiger partial charge in [-0.15, -0.1) is 0 Å². The molecule has 146 valence electrons. The van der Waals surface area contributed by atoms with E-state index in [1.54, 1.807) is 36.2 Å². The number of benzene rings is 2. The third kappa shape index (κ3) is 4.06. The molecule has 3 aromatic rings. The van der Waals surface area contributed by atoms with Crippen molar-refractivity contribution in [2.45, 2.75) is 27.3 Å². The largest absolute Gasteiger partial charge is 0.492 e. The predicted molar refractivity (Wildman–Crippen MR) is 110 cm³/mol. The van der Waals surface area contributed by atoms with Crippen molar-refractivity contribution in [3.05, 3.63) is 69.6 Å². The SMILES string of the molecule is CCn1nc(C(=O)N(C)CCOc2cc(C)cc(C)c2)c2ccccc2c1=O. The van der Waals surface area contributed by atoms with Crippen molar-refractivity contribution in [3.63, 3.8) is 0 Å². The molecule has 0 aliphatic heterocycles. The molecule has 0 saturated heterocycles. The van der Waals surface area contributed by atoms with Gasteiger partial charge in [0, 0.05) is 19.0 Å². The topological polar surface area (TPSA) is 64.4 Å². The Bertz CT molecular complexity index is 1050. The fourth-order valence-electron chi connectivity index (χ4n) is 3.21. The fraction of sp³-hybridized carbons (Fsp3) is 0.318. The zero-order valence-corrected chi connectivity index (χ0v) is 16.7. The van der Waals surface area contributed by atoms with Crippen LogP contribution in [0.3, 0.4) is 0 Å². The minimum Gasteiger partial charge on any atom is -0.492 e. The van der Waals surface area contributed by atoms with Gasteiger partial charge >= 0.3 is 0 Å². The summed E-state index contributed by atoms with van der Waals surface area (Å²) in [5.41, 5.74) is 2.37. The molecule has 1 aromatic heterocycles. The van der Waals surface area contributed by atoms with Crippen LogP contribution < -0.4 is 10.3 Å². The third-order valence-corrected chi connectivity index (χ3v) is 4.61. The van der Waals surface area contributed by atoms with Gasteiger partial charge in [0.05, 0.1) is 11.9 Å². The molecule has 0 bridgehead atoms. The smallest absolute Gasteiger partial charge is 0.274 e. The van der Waals surface area contributed by atoms with E-state index in [1.807, 2.05) is 32.9 Å². The normalized spacial score (nSPS) is 10.9. The number of carbonyl (C=O) groups is 1. The number of hydrogen-bond donors (Lipinski definition) is 0. The minimum atomic E-state index is -0.234. The van der Waals surface area contributed by atoms with Crippen molar-refractivity contribution in [2.24, 2.45) is 0 Å². The maximum absolute atomic E-state index is 13.0. The van der Waals surface area contributed by atoms with Crippen molar-refractivity contribution < 1.29 is 9.53 Å². The Labute approximate surface area is 164 Å². The summed E-state index contributed by atoms with van der Waals surface area (Å²) in [6.45, 7) is 7.07. The van der Waals surface area contributed by atoms with Crippen LogP contribution in [0.4, 0.5) is 0 Å². The summed E-state index contributed by atoms with van der Waals surface area (Å²) in [5.74, 6) is 0.559. The van der Waals surface area contributed by atoms with E-state index < -0.39 is 0 Å². The summed E-state index contributed by atoms with van der Waals surface area (Å²) in [6.07, 6.45) is 0. The Morgan fingerprint density at radius 2 is 1.75 bits per heavy atom. The number of nitrogens with zero attached hydrogens (tertiary/aromatic N) is 3. The van der Waals surface area contributed by atoms with Crippen molar-refractivity contribution in [1.29, 1.82) is 0 Å². The van der Waals surface area contributed by atoms with E-state index in [-0.39, 0.29) is 17.2 Å². The number of carbonyl (C=O) groups excluding carboxylic acids is 1. The van der Waals surface area contributed by atoms with Crippen LogP contribution in [0.2, 0.25) is 0 Å². The van der Waals surface area contributed by atoms with E-state index in [2.05, 4.69) is 11.2 Å². The van der Waals surface area contributed by atoms with Gasteiger partial charge in [-0.1, -0.05) is 24.3 Å². The maximum atomic E-state index is 13.0. The van der Waals surface area contributed by atoms with Crippen LogP contribution in [0.15, 0.2) is 47.3 Å². The highest BCUT2D eigenvalue weighted by molar-refractivity contribution is 6.04. The summed E-state index contributed by atoms with van der Waals surface area (Å²) in [6, 6.07) is 13.1. The quantitative estimate of drug-likeness (QED) is 0.660. The van der Waals surface area contributed by atoms with Gasteiger partial charge in [-0.2, -0.15) is 5.10 Å². The molecule has 0 radical (unpaired) electrons. The Morgan fingerprint density at radius 3 is 2.39 bits per heavy atom. The lowest BCUT2D eigenvalue weighted by Crippen LogP contribution is -2.34. The molecule has 0 unspecified atom stereocenters. The number of amides is 1. The molecule has 0 spiro atoms. The van der Waals surface area contributed by atoms with Crippen LogP contribution in [-0.2, 0) is 6.54 Å². The van der Waals surface area contributed by atoms with Gasteiger partial charge < -0.3 is 9.64 Å². The van der Waals surface area contributed by atoms with Crippen LogP contribution in [0.25, 0.3) is 10.8 Å². The van der Waals surface area contributed by atoms with Crippen molar-refractivity contribution >= 4 is 16.7 Å². The Morgan fingerprint density at radius 1 is 1.11 bits per heavy atom. The molecule has 0 N–H and O–H groups in total. The molecule has 0 fully saturated rings. The minimum absolute atomic E-state index is 0.185. The Balaban J connectivity index is 1.78. The second-order valence-corrected chi connectivity index (χ2v) is 6.91. The number of hydrogen-bond acceptors (Lipinski definition) is 4. The van der Waals surface area contributed by atoms with Crippen molar-refractivity contribution in [3.8, 4) is 5.75 Å². The van der Waals surface area contributed by atoms with Gasteiger partial charge in [0.2, 0.25) is 0 Å². The first kappa shape index (κ1) is 19.6. The molecule has 0 saturated carbocycles. The van der Waals surface area contributed by atoms with Gasteiger partial charge in [-0.25, -0.2) is 4.68 Å². The van der Waals surface area contributed by atoms with Crippen LogP contribution in [0.1, 0.15) is 28.5 Å². The molecule has 6 heteroatoms. The first-order valence-electron chi connectivity index (χ1n) is 9.37. The molecule has 0 atom stereocenters. The van der Waals surface area contributed by atoms with E-state index >= 15 is 0 Å². The molecule has 1 heterocycles. The van der Waals surface area contributed by atoms with E-state index in [4.69, 9.17) is 4.74 Å². The van der Waals surface area contributed by atoms with Crippen LogP contribution >= 0.6 is 0 Å². The lowest BCUT2D eigenvalue weighted by Gasteiger charge is -2.19. The first-order valence-corrected chi connectivity index (χ1v) is 9.37. The Hall–Kier alpha value is -3.15. The zero-order valence-electron chi connectivity index (χ0n) is 16.7. The average Bonchev–Trinajstić information content (AvgIpc) is 2.67. The maximum Gasteiger partial charge on any atom is 0.274 e. The number of fused-ring (bicyclic) bond motifs is 1. The van der Waals surface area contributed by atoms with Crippen LogP contribution in [0.5, 0.6) is 5.75 Å². The molecular weight excluding hydrogens is 354 g/mol. The molecule has 3 rings (SSSR count). The highest BCUT2D eigenvalue weighted by atomic mass is 16.5. The predicted octanol–water partition coefficient (Wildman–Crippen LogP) is 3.18. The number of aryl methyl sites for hydroxylation is 3. The third-order valence-electron chi connectivity index (χ3n) is 4.61. The van der Waals surface area contributed by atoms with E-state index in [9.17, 15) is 9.59 Å².